The zero-order chi connectivity index (χ0) is 16.3. The summed E-state index contributed by atoms with van der Waals surface area (Å²) in [5, 5.41) is 10.2. The van der Waals surface area contributed by atoms with E-state index in [0.717, 1.165) is 25.7 Å². The van der Waals surface area contributed by atoms with Gasteiger partial charge in [-0.2, -0.15) is 4.98 Å². The van der Waals surface area contributed by atoms with Crippen LogP contribution in [0.25, 0.3) is 0 Å². The standard InChI is InChI=1S/C15H23N5O3/c1-11-18-14(19-23-11)15(5-3-2-4-6-15)17-9-13(22)20-8-7-16-12(21)10-20/h17H,2-10H2,1H3,(H,16,21). The van der Waals surface area contributed by atoms with Crippen LogP contribution in [0.4, 0.5) is 0 Å². The molecule has 8 nitrogen and oxygen atoms in total. The Balaban J connectivity index is 1.67. The number of piperazine rings is 1. The quantitative estimate of drug-likeness (QED) is 0.815. The summed E-state index contributed by atoms with van der Waals surface area (Å²) in [5.41, 5.74) is -0.399. The van der Waals surface area contributed by atoms with Crippen LogP contribution in [0, 0.1) is 6.92 Å². The van der Waals surface area contributed by atoms with Gasteiger partial charge in [-0.15, -0.1) is 0 Å². The van der Waals surface area contributed by atoms with Gasteiger partial charge in [0.2, 0.25) is 17.7 Å². The van der Waals surface area contributed by atoms with Crippen LogP contribution in [-0.2, 0) is 15.1 Å². The molecule has 126 valence electrons. The van der Waals surface area contributed by atoms with E-state index in [2.05, 4.69) is 20.8 Å². The molecule has 1 saturated heterocycles. The molecule has 1 aliphatic heterocycles. The van der Waals surface area contributed by atoms with Gasteiger partial charge in [0.05, 0.1) is 18.6 Å². The first-order chi connectivity index (χ1) is 11.1. The number of carbonyl (C=O) groups is 2. The second-order valence-electron chi connectivity index (χ2n) is 6.30. The van der Waals surface area contributed by atoms with Crippen molar-refractivity contribution in [3.63, 3.8) is 0 Å². The van der Waals surface area contributed by atoms with Gasteiger partial charge in [-0.3, -0.25) is 14.9 Å². The van der Waals surface area contributed by atoms with E-state index in [-0.39, 0.29) is 24.9 Å². The average Bonchev–Trinajstić information content (AvgIpc) is 3.01. The van der Waals surface area contributed by atoms with Gasteiger partial charge < -0.3 is 14.7 Å². The van der Waals surface area contributed by atoms with Crippen molar-refractivity contribution in [3.05, 3.63) is 11.7 Å². The third-order valence-electron chi connectivity index (χ3n) is 4.63. The molecule has 1 aromatic heterocycles. The van der Waals surface area contributed by atoms with Crippen LogP contribution in [0.5, 0.6) is 0 Å². The van der Waals surface area contributed by atoms with E-state index in [1.807, 2.05) is 0 Å². The maximum atomic E-state index is 12.4. The van der Waals surface area contributed by atoms with Crippen molar-refractivity contribution in [1.82, 2.24) is 25.7 Å². The monoisotopic (exact) mass is 321 g/mol. The van der Waals surface area contributed by atoms with Crippen molar-refractivity contribution in [2.45, 2.75) is 44.6 Å². The molecule has 23 heavy (non-hydrogen) atoms. The zero-order valence-corrected chi connectivity index (χ0v) is 13.4. The Bertz CT molecular complexity index is 579. The van der Waals surface area contributed by atoms with Crippen LogP contribution in [0.15, 0.2) is 4.52 Å². The fourth-order valence-corrected chi connectivity index (χ4v) is 3.34. The molecule has 0 unspecified atom stereocenters. The second-order valence-corrected chi connectivity index (χ2v) is 6.30. The highest BCUT2D eigenvalue weighted by Gasteiger charge is 2.38. The third-order valence-corrected chi connectivity index (χ3v) is 4.63. The van der Waals surface area contributed by atoms with E-state index in [1.165, 1.54) is 6.42 Å². The number of aryl methyl sites for hydroxylation is 1. The van der Waals surface area contributed by atoms with Crippen molar-refractivity contribution >= 4 is 11.8 Å². The van der Waals surface area contributed by atoms with Crippen LogP contribution in [-0.4, -0.2) is 53.0 Å². The lowest BCUT2D eigenvalue weighted by Crippen LogP contribution is -2.54. The summed E-state index contributed by atoms with van der Waals surface area (Å²) in [6, 6.07) is 0. The van der Waals surface area contributed by atoms with Gasteiger partial charge >= 0.3 is 0 Å². The van der Waals surface area contributed by atoms with Gasteiger partial charge in [-0.1, -0.05) is 24.4 Å². The molecule has 1 aliphatic carbocycles. The first kappa shape index (κ1) is 15.9. The third kappa shape index (κ3) is 3.52. The Hall–Kier alpha value is -1.96. The minimum absolute atomic E-state index is 0.0648. The first-order valence-corrected chi connectivity index (χ1v) is 8.19. The van der Waals surface area contributed by atoms with E-state index >= 15 is 0 Å². The Labute approximate surface area is 135 Å². The lowest BCUT2D eigenvalue weighted by atomic mass is 9.81. The predicted molar refractivity (Wildman–Crippen MR) is 81.4 cm³/mol. The molecule has 2 fully saturated rings. The molecule has 2 heterocycles. The highest BCUT2D eigenvalue weighted by Crippen LogP contribution is 2.35. The van der Waals surface area contributed by atoms with Crippen molar-refractivity contribution in [3.8, 4) is 0 Å². The van der Waals surface area contributed by atoms with Crippen molar-refractivity contribution in [1.29, 1.82) is 0 Å². The summed E-state index contributed by atoms with van der Waals surface area (Å²) < 4.78 is 5.13. The van der Waals surface area contributed by atoms with E-state index < -0.39 is 5.54 Å². The Morgan fingerprint density at radius 2 is 2.17 bits per heavy atom. The van der Waals surface area contributed by atoms with Crippen LogP contribution >= 0.6 is 0 Å². The molecule has 2 amide bonds. The number of hydrogen-bond acceptors (Lipinski definition) is 6. The maximum absolute atomic E-state index is 12.4. The van der Waals surface area contributed by atoms with E-state index in [0.29, 0.717) is 24.8 Å². The van der Waals surface area contributed by atoms with Crippen LogP contribution in [0.3, 0.4) is 0 Å². The topological polar surface area (TPSA) is 100 Å². The normalized spacial score (nSPS) is 21.1. The summed E-state index contributed by atoms with van der Waals surface area (Å²) in [6.45, 7) is 3.15. The molecule has 0 aromatic carbocycles. The summed E-state index contributed by atoms with van der Waals surface area (Å²) in [6.07, 6.45) is 5.10. The Morgan fingerprint density at radius 1 is 1.39 bits per heavy atom. The predicted octanol–water partition coefficient (Wildman–Crippen LogP) is 0.0854. The summed E-state index contributed by atoms with van der Waals surface area (Å²) in [5.74, 6) is 1.00. The lowest BCUT2D eigenvalue weighted by molar-refractivity contribution is -0.137. The number of amides is 2. The molecule has 0 bridgehead atoms. The number of nitrogens with one attached hydrogen (secondary N) is 2. The molecule has 0 atom stereocenters. The van der Waals surface area contributed by atoms with E-state index in [1.54, 1.807) is 11.8 Å². The van der Waals surface area contributed by atoms with Crippen LogP contribution in [0.1, 0.15) is 43.8 Å². The molecule has 1 saturated carbocycles. The molecule has 8 heteroatoms. The van der Waals surface area contributed by atoms with Gasteiger partial charge in [0.25, 0.3) is 0 Å². The number of hydrogen-bond donors (Lipinski definition) is 2. The van der Waals surface area contributed by atoms with Crippen molar-refractivity contribution in [2.24, 2.45) is 0 Å². The fraction of sp³-hybridized carbons (Fsp3) is 0.733. The number of nitrogens with zero attached hydrogens (tertiary/aromatic N) is 3. The SMILES string of the molecule is Cc1nc(C2(NCC(=O)N3CCNC(=O)C3)CCCCC2)no1. The average molecular weight is 321 g/mol. The van der Waals surface area contributed by atoms with E-state index in [4.69, 9.17) is 4.52 Å². The highest BCUT2D eigenvalue weighted by atomic mass is 16.5. The second kappa shape index (κ2) is 6.66. The summed E-state index contributed by atoms with van der Waals surface area (Å²) in [4.78, 5) is 29.8. The highest BCUT2D eigenvalue weighted by molar-refractivity contribution is 5.86. The minimum Gasteiger partial charge on any atom is -0.353 e. The number of carbonyl (C=O) groups excluding carboxylic acids is 2. The van der Waals surface area contributed by atoms with Gasteiger partial charge in [0.15, 0.2) is 5.82 Å². The van der Waals surface area contributed by atoms with Crippen LogP contribution < -0.4 is 10.6 Å². The molecular weight excluding hydrogens is 298 g/mol. The molecule has 2 aliphatic rings. The Morgan fingerprint density at radius 3 is 2.83 bits per heavy atom. The first-order valence-electron chi connectivity index (χ1n) is 8.19. The van der Waals surface area contributed by atoms with Crippen molar-refractivity contribution in [2.75, 3.05) is 26.2 Å². The van der Waals surface area contributed by atoms with Crippen LogP contribution in [0.2, 0.25) is 0 Å². The minimum atomic E-state index is -0.399. The summed E-state index contributed by atoms with van der Waals surface area (Å²) >= 11 is 0. The Kier molecular flexibility index (Phi) is 4.61. The maximum Gasteiger partial charge on any atom is 0.239 e. The molecule has 0 spiro atoms. The molecule has 0 radical (unpaired) electrons. The van der Waals surface area contributed by atoms with Gasteiger partial charge in [0, 0.05) is 20.0 Å². The molecule has 1 aromatic rings. The van der Waals surface area contributed by atoms with Gasteiger partial charge in [-0.25, -0.2) is 0 Å². The van der Waals surface area contributed by atoms with Gasteiger partial charge in [0.1, 0.15) is 0 Å². The summed E-state index contributed by atoms with van der Waals surface area (Å²) in [7, 11) is 0. The lowest BCUT2D eigenvalue weighted by Gasteiger charge is -2.36. The molecular formula is C15H23N5O3. The van der Waals surface area contributed by atoms with Gasteiger partial charge in [-0.05, 0) is 12.8 Å². The molecule has 3 rings (SSSR count). The van der Waals surface area contributed by atoms with Crippen molar-refractivity contribution < 1.29 is 14.1 Å². The number of rotatable bonds is 4. The smallest absolute Gasteiger partial charge is 0.239 e. The largest absolute Gasteiger partial charge is 0.353 e. The zero-order valence-electron chi connectivity index (χ0n) is 13.4. The molecule has 2 N–H and O–H groups in total. The number of aromatic nitrogens is 2. The fourth-order valence-electron chi connectivity index (χ4n) is 3.34. The van der Waals surface area contributed by atoms with E-state index in [9.17, 15) is 9.59 Å².